The van der Waals surface area contributed by atoms with E-state index in [0.717, 1.165) is 29.7 Å². The van der Waals surface area contributed by atoms with Crippen molar-refractivity contribution < 1.29 is 0 Å². The predicted octanol–water partition coefficient (Wildman–Crippen LogP) is 3.84. The summed E-state index contributed by atoms with van der Waals surface area (Å²) in [6.45, 7) is 8.45. The Bertz CT molecular complexity index is 283. The molecule has 17 heavy (non-hydrogen) atoms. The normalized spacial score (nSPS) is 43.9. The van der Waals surface area contributed by atoms with Crippen LogP contribution < -0.4 is 5.32 Å². The maximum absolute atomic E-state index is 3.91. The van der Waals surface area contributed by atoms with Crippen molar-refractivity contribution in [1.82, 2.24) is 5.32 Å². The fourth-order valence-electron chi connectivity index (χ4n) is 4.76. The largest absolute Gasteiger partial charge is 0.313 e. The lowest BCUT2D eigenvalue weighted by Crippen LogP contribution is -2.42. The third kappa shape index (κ3) is 2.16. The molecule has 2 bridgehead atoms. The Morgan fingerprint density at radius 3 is 2.47 bits per heavy atom. The summed E-state index contributed by atoms with van der Waals surface area (Å²) < 4.78 is 0. The number of nitrogens with one attached hydrogen (secondary N) is 1. The second kappa shape index (κ2) is 4.26. The summed E-state index contributed by atoms with van der Waals surface area (Å²) in [5.74, 6) is 4.16. The van der Waals surface area contributed by atoms with Gasteiger partial charge in [0.25, 0.3) is 0 Å². The van der Waals surface area contributed by atoms with Crippen molar-refractivity contribution in [2.45, 2.75) is 65.3 Å². The molecule has 1 N–H and O–H groups in total. The Morgan fingerprint density at radius 1 is 1.24 bits per heavy atom. The number of hydrogen-bond donors (Lipinski definition) is 1. The van der Waals surface area contributed by atoms with Crippen molar-refractivity contribution >= 4 is 0 Å². The SMILES string of the molecule is CCCNC(C1CC2CCC1C2)C1CC1(C)C. The van der Waals surface area contributed by atoms with Crippen LogP contribution in [0.3, 0.4) is 0 Å². The first-order valence-electron chi connectivity index (χ1n) is 7.85. The molecule has 5 unspecified atom stereocenters. The zero-order valence-electron chi connectivity index (χ0n) is 11.8. The molecule has 0 spiro atoms. The highest BCUT2D eigenvalue weighted by molar-refractivity contribution is 5.07. The van der Waals surface area contributed by atoms with E-state index >= 15 is 0 Å². The van der Waals surface area contributed by atoms with E-state index in [0.29, 0.717) is 5.41 Å². The van der Waals surface area contributed by atoms with Crippen LogP contribution in [0.5, 0.6) is 0 Å². The van der Waals surface area contributed by atoms with E-state index in [2.05, 4.69) is 26.1 Å². The Balaban J connectivity index is 1.66. The first kappa shape index (κ1) is 12.0. The molecule has 3 aliphatic carbocycles. The average Bonchev–Trinajstić information content (AvgIpc) is 2.73. The first-order valence-corrected chi connectivity index (χ1v) is 7.85. The van der Waals surface area contributed by atoms with Gasteiger partial charge in [-0.2, -0.15) is 0 Å². The van der Waals surface area contributed by atoms with E-state index in [1.54, 1.807) is 12.8 Å². The summed E-state index contributed by atoms with van der Waals surface area (Å²) in [5.41, 5.74) is 0.632. The summed E-state index contributed by atoms with van der Waals surface area (Å²) in [5, 5.41) is 3.91. The highest BCUT2D eigenvalue weighted by Gasteiger charge is 2.55. The maximum Gasteiger partial charge on any atom is 0.0132 e. The van der Waals surface area contributed by atoms with Crippen LogP contribution in [-0.4, -0.2) is 12.6 Å². The summed E-state index contributed by atoms with van der Waals surface area (Å²) in [4.78, 5) is 0. The summed E-state index contributed by atoms with van der Waals surface area (Å²) in [6.07, 6.45) is 8.91. The molecule has 3 rings (SSSR count). The molecule has 1 heteroatoms. The second-order valence-corrected chi connectivity index (χ2v) is 7.62. The van der Waals surface area contributed by atoms with E-state index in [1.807, 2.05) is 0 Å². The molecule has 0 heterocycles. The van der Waals surface area contributed by atoms with Crippen LogP contribution in [-0.2, 0) is 0 Å². The Labute approximate surface area is 107 Å². The van der Waals surface area contributed by atoms with Gasteiger partial charge < -0.3 is 5.32 Å². The van der Waals surface area contributed by atoms with Crippen LogP contribution in [0.25, 0.3) is 0 Å². The van der Waals surface area contributed by atoms with Crippen molar-refractivity contribution in [2.24, 2.45) is 29.1 Å². The maximum atomic E-state index is 3.91. The Hall–Kier alpha value is -0.0400. The molecule has 3 saturated carbocycles. The lowest BCUT2D eigenvalue weighted by Gasteiger charge is -2.32. The van der Waals surface area contributed by atoms with Gasteiger partial charge in [0, 0.05) is 6.04 Å². The molecule has 98 valence electrons. The fraction of sp³-hybridized carbons (Fsp3) is 1.00. The van der Waals surface area contributed by atoms with Crippen LogP contribution in [0.2, 0.25) is 0 Å². The minimum Gasteiger partial charge on any atom is -0.313 e. The minimum absolute atomic E-state index is 0.632. The van der Waals surface area contributed by atoms with Crippen molar-refractivity contribution in [3.05, 3.63) is 0 Å². The average molecular weight is 235 g/mol. The van der Waals surface area contributed by atoms with Gasteiger partial charge in [-0.3, -0.25) is 0 Å². The van der Waals surface area contributed by atoms with Gasteiger partial charge >= 0.3 is 0 Å². The molecule has 5 atom stereocenters. The van der Waals surface area contributed by atoms with E-state index in [4.69, 9.17) is 0 Å². The van der Waals surface area contributed by atoms with Crippen molar-refractivity contribution in [2.75, 3.05) is 6.54 Å². The van der Waals surface area contributed by atoms with Crippen LogP contribution in [0, 0.1) is 29.1 Å². The molecule has 0 amide bonds. The summed E-state index contributed by atoms with van der Waals surface area (Å²) in [7, 11) is 0. The van der Waals surface area contributed by atoms with Gasteiger partial charge in [-0.05, 0) is 67.7 Å². The number of fused-ring (bicyclic) bond motifs is 2. The van der Waals surface area contributed by atoms with Crippen LogP contribution in [0.4, 0.5) is 0 Å². The summed E-state index contributed by atoms with van der Waals surface area (Å²) in [6, 6.07) is 0.847. The quantitative estimate of drug-likeness (QED) is 0.763. The van der Waals surface area contributed by atoms with Gasteiger partial charge in [0.2, 0.25) is 0 Å². The van der Waals surface area contributed by atoms with Crippen molar-refractivity contribution in [3.8, 4) is 0 Å². The smallest absolute Gasteiger partial charge is 0.0132 e. The third-order valence-corrected chi connectivity index (χ3v) is 5.91. The van der Waals surface area contributed by atoms with Gasteiger partial charge in [0.05, 0.1) is 0 Å². The molecule has 3 aliphatic rings. The summed E-state index contributed by atoms with van der Waals surface area (Å²) >= 11 is 0. The minimum atomic E-state index is 0.632. The standard InChI is InChI=1S/C16H29N/c1-4-7-17-15(14-10-16(14,2)3)13-9-11-5-6-12(13)8-11/h11-15,17H,4-10H2,1-3H3. The molecule has 0 aliphatic heterocycles. The van der Waals surface area contributed by atoms with Crippen molar-refractivity contribution in [1.29, 1.82) is 0 Å². The van der Waals surface area contributed by atoms with Gasteiger partial charge in [0.1, 0.15) is 0 Å². The lowest BCUT2D eigenvalue weighted by atomic mass is 9.80. The van der Waals surface area contributed by atoms with Gasteiger partial charge in [-0.15, -0.1) is 0 Å². The van der Waals surface area contributed by atoms with Gasteiger partial charge in [-0.25, -0.2) is 0 Å². The van der Waals surface area contributed by atoms with Gasteiger partial charge in [-0.1, -0.05) is 27.2 Å². The second-order valence-electron chi connectivity index (χ2n) is 7.62. The van der Waals surface area contributed by atoms with E-state index in [1.165, 1.54) is 32.2 Å². The van der Waals surface area contributed by atoms with E-state index in [-0.39, 0.29) is 0 Å². The Morgan fingerprint density at radius 2 is 2.00 bits per heavy atom. The number of rotatable bonds is 5. The van der Waals surface area contributed by atoms with Crippen LogP contribution >= 0.6 is 0 Å². The highest BCUT2D eigenvalue weighted by atomic mass is 15.0. The van der Waals surface area contributed by atoms with Crippen LogP contribution in [0.1, 0.15) is 59.3 Å². The molecular formula is C16H29N. The molecule has 0 aromatic heterocycles. The first-order chi connectivity index (χ1) is 8.12. The zero-order chi connectivity index (χ0) is 12.0. The zero-order valence-corrected chi connectivity index (χ0v) is 11.8. The molecular weight excluding hydrogens is 206 g/mol. The molecule has 0 radical (unpaired) electrons. The monoisotopic (exact) mass is 235 g/mol. The third-order valence-electron chi connectivity index (χ3n) is 5.91. The van der Waals surface area contributed by atoms with E-state index < -0.39 is 0 Å². The topological polar surface area (TPSA) is 12.0 Å². The lowest BCUT2D eigenvalue weighted by molar-refractivity contribution is 0.215. The highest BCUT2D eigenvalue weighted by Crippen LogP contribution is 2.59. The van der Waals surface area contributed by atoms with Crippen LogP contribution in [0.15, 0.2) is 0 Å². The van der Waals surface area contributed by atoms with E-state index in [9.17, 15) is 0 Å². The molecule has 0 aromatic rings. The number of hydrogen-bond acceptors (Lipinski definition) is 1. The van der Waals surface area contributed by atoms with Crippen molar-refractivity contribution in [3.63, 3.8) is 0 Å². The molecule has 0 saturated heterocycles. The fourth-order valence-corrected chi connectivity index (χ4v) is 4.76. The van der Waals surface area contributed by atoms with Gasteiger partial charge in [0.15, 0.2) is 0 Å². The Kier molecular flexibility index (Phi) is 3.01. The predicted molar refractivity (Wildman–Crippen MR) is 72.9 cm³/mol. The molecule has 0 aromatic carbocycles. The molecule has 3 fully saturated rings. The molecule has 1 nitrogen and oxygen atoms in total.